The lowest BCUT2D eigenvalue weighted by Gasteiger charge is -2.14. The number of rotatable bonds is 7. The van der Waals surface area contributed by atoms with E-state index in [1.54, 1.807) is 37.4 Å². The topological polar surface area (TPSA) is 79.5 Å². The second-order valence-electron chi connectivity index (χ2n) is 5.33. The number of hydrogen-bond acceptors (Lipinski definition) is 4. The summed E-state index contributed by atoms with van der Waals surface area (Å²) in [6, 6.07) is 12.3. The van der Waals surface area contributed by atoms with Crippen LogP contribution in [0.3, 0.4) is 0 Å². The van der Waals surface area contributed by atoms with E-state index in [1.807, 2.05) is 12.1 Å². The maximum absolute atomic E-state index is 12.2. The molecule has 0 aliphatic rings. The smallest absolute Gasteiger partial charge is 0.251 e. The average molecular weight is 362 g/mol. The molecule has 3 N–H and O–H groups in total. The summed E-state index contributed by atoms with van der Waals surface area (Å²) in [4.78, 5) is 23.6. The summed E-state index contributed by atoms with van der Waals surface area (Å²) in [6.07, 6.45) is 0. The number of nitrogens with one attached hydrogen (secondary N) is 3. The van der Waals surface area contributed by atoms with Gasteiger partial charge in [-0.3, -0.25) is 9.59 Å². The van der Waals surface area contributed by atoms with Crippen molar-refractivity contribution >= 4 is 40.5 Å². The standard InChI is InChI=1S/C18H20ClN3O3/c1-12(23)21-17-10-13(18(24)20-8-9-25-2)6-7-16(17)22-15-5-3-4-14(19)11-15/h3-7,10-11,22H,8-9H2,1-2H3,(H,20,24)(H,21,23). The minimum atomic E-state index is -0.238. The van der Waals surface area contributed by atoms with Crippen LogP contribution in [-0.2, 0) is 9.53 Å². The van der Waals surface area contributed by atoms with Gasteiger partial charge in [-0.25, -0.2) is 0 Å². The molecule has 132 valence electrons. The van der Waals surface area contributed by atoms with Crippen molar-refractivity contribution in [3.8, 4) is 0 Å². The molecule has 2 aromatic carbocycles. The van der Waals surface area contributed by atoms with Crippen molar-refractivity contribution in [2.75, 3.05) is 30.9 Å². The van der Waals surface area contributed by atoms with Gasteiger partial charge in [-0.2, -0.15) is 0 Å². The molecule has 2 rings (SSSR count). The molecular weight excluding hydrogens is 342 g/mol. The summed E-state index contributed by atoms with van der Waals surface area (Å²) in [5, 5.41) is 9.26. The highest BCUT2D eigenvalue weighted by Gasteiger charge is 2.11. The van der Waals surface area contributed by atoms with Gasteiger partial charge in [0.15, 0.2) is 0 Å². The first-order valence-electron chi connectivity index (χ1n) is 7.71. The highest BCUT2D eigenvalue weighted by Crippen LogP contribution is 2.28. The second kappa shape index (κ2) is 9.05. The van der Waals surface area contributed by atoms with E-state index in [0.29, 0.717) is 35.1 Å². The SMILES string of the molecule is COCCNC(=O)c1ccc(Nc2cccc(Cl)c2)c(NC(C)=O)c1. The van der Waals surface area contributed by atoms with Crippen LogP contribution in [0.2, 0.25) is 5.02 Å². The summed E-state index contributed by atoms with van der Waals surface area (Å²) in [6.45, 7) is 2.25. The summed E-state index contributed by atoms with van der Waals surface area (Å²) in [7, 11) is 1.57. The zero-order valence-corrected chi connectivity index (χ0v) is 14.8. The Morgan fingerprint density at radius 2 is 1.92 bits per heavy atom. The number of halogens is 1. The van der Waals surface area contributed by atoms with Gasteiger partial charge in [-0.15, -0.1) is 0 Å². The van der Waals surface area contributed by atoms with Crippen molar-refractivity contribution in [1.82, 2.24) is 5.32 Å². The number of amides is 2. The van der Waals surface area contributed by atoms with E-state index in [1.165, 1.54) is 6.92 Å². The Morgan fingerprint density at radius 3 is 2.60 bits per heavy atom. The Hall–Kier alpha value is -2.57. The van der Waals surface area contributed by atoms with E-state index in [4.69, 9.17) is 16.3 Å². The average Bonchev–Trinajstić information content (AvgIpc) is 2.56. The van der Waals surface area contributed by atoms with Crippen LogP contribution in [0.5, 0.6) is 0 Å². The Balaban J connectivity index is 2.24. The van der Waals surface area contributed by atoms with Crippen molar-refractivity contribution in [2.24, 2.45) is 0 Å². The van der Waals surface area contributed by atoms with Gasteiger partial charge in [0, 0.05) is 36.9 Å². The maximum Gasteiger partial charge on any atom is 0.251 e. The van der Waals surface area contributed by atoms with E-state index in [2.05, 4.69) is 16.0 Å². The quantitative estimate of drug-likeness (QED) is 0.660. The highest BCUT2D eigenvalue weighted by atomic mass is 35.5. The van der Waals surface area contributed by atoms with E-state index in [9.17, 15) is 9.59 Å². The molecule has 0 fully saturated rings. The minimum Gasteiger partial charge on any atom is -0.383 e. The number of carbonyl (C=O) groups excluding carboxylic acids is 2. The molecule has 0 spiro atoms. The second-order valence-corrected chi connectivity index (χ2v) is 5.76. The fourth-order valence-electron chi connectivity index (χ4n) is 2.18. The van der Waals surface area contributed by atoms with Gasteiger partial charge in [0.25, 0.3) is 5.91 Å². The van der Waals surface area contributed by atoms with E-state index < -0.39 is 0 Å². The first-order valence-corrected chi connectivity index (χ1v) is 8.09. The molecule has 0 bridgehead atoms. The van der Waals surface area contributed by atoms with Gasteiger partial charge < -0.3 is 20.7 Å². The third-order valence-electron chi connectivity index (χ3n) is 3.29. The van der Waals surface area contributed by atoms with Gasteiger partial charge >= 0.3 is 0 Å². The summed E-state index contributed by atoms with van der Waals surface area (Å²) < 4.78 is 4.91. The van der Waals surface area contributed by atoms with Crippen LogP contribution in [0.25, 0.3) is 0 Å². The minimum absolute atomic E-state index is 0.230. The summed E-state index contributed by atoms with van der Waals surface area (Å²) >= 11 is 5.99. The molecule has 2 aromatic rings. The Morgan fingerprint density at radius 1 is 1.12 bits per heavy atom. The van der Waals surface area contributed by atoms with Crippen LogP contribution >= 0.6 is 11.6 Å². The van der Waals surface area contributed by atoms with Gasteiger partial charge in [-0.05, 0) is 36.4 Å². The summed E-state index contributed by atoms with van der Waals surface area (Å²) in [5.74, 6) is -0.468. The maximum atomic E-state index is 12.2. The van der Waals surface area contributed by atoms with Crippen LogP contribution in [0.15, 0.2) is 42.5 Å². The molecule has 0 aliphatic heterocycles. The van der Waals surface area contributed by atoms with Crippen LogP contribution < -0.4 is 16.0 Å². The lowest BCUT2D eigenvalue weighted by Crippen LogP contribution is -2.27. The number of hydrogen-bond donors (Lipinski definition) is 3. The van der Waals surface area contributed by atoms with Crippen LogP contribution in [0.4, 0.5) is 17.1 Å². The molecule has 0 heterocycles. The Labute approximate surface area is 151 Å². The zero-order valence-electron chi connectivity index (χ0n) is 14.1. The zero-order chi connectivity index (χ0) is 18.2. The molecule has 6 nitrogen and oxygen atoms in total. The number of methoxy groups -OCH3 is 1. The molecule has 0 radical (unpaired) electrons. The predicted octanol–water partition coefficient (Wildman–Crippen LogP) is 3.42. The van der Waals surface area contributed by atoms with Gasteiger partial charge in [-0.1, -0.05) is 17.7 Å². The number of anilines is 3. The largest absolute Gasteiger partial charge is 0.383 e. The van der Waals surface area contributed by atoms with E-state index in [-0.39, 0.29) is 11.8 Å². The van der Waals surface area contributed by atoms with Crippen LogP contribution in [0.1, 0.15) is 17.3 Å². The lowest BCUT2D eigenvalue weighted by atomic mass is 10.1. The first kappa shape index (κ1) is 18.8. The number of carbonyl (C=O) groups is 2. The molecule has 25 heavy (non-hydrogen) atoms. The number of ether oxygens (including phenoxy) is 1. The van der Waals surface area contributed by atoms with Gasteiger partial charge in [0.1, 0.15) is 0 Å². The molecule has 0 aliphatic carbocycles. The molecule has 0 atom stereocenters. The molecule has 0 saturated carbocycles. The van der Waals surface area contributed by atoms with Crippen LogP contribution in [0, 0.1) is 0 Å². The molecule has 2 amide bonds. The monoisotopic (exact) mass is 361 g/mol. The Kier molecular flexibility index (Phi) is 6.80. The van der Waals surface area contributed by atoms with E-state index in [0.717, 1.165) is 5.69 Å². The van der Waals surface area contributed by atoms with Gasteiger partial charge in [0.2, 0.25) is 5.91 Å². The normalized spacial score (nSPS) is 10.2. The number of benzene rings is 2. The van der Waals surface area contributed by atoms with Crippen molar-refractivity contribution in [3.05, 3.63) is 53.1 Å². The summed E-state index contributed by atoms with van der Waals surface area (Å²) in [5.41, 5.74) is 2.38. The predicted molar refractivity (Wildman–Crippen MR) is 99.7 cm³/mol. The molecule has 0 aromatic heterocycles. The molecule has 0 saturated heterocycles. The van der Waals surface area contributed by atoms with Crippen molar-refractivity contribution in [1.29, 1.82) is 0 Å². The van der Waals surface area contributed by atoms with Crippen molar-refractivity contribution in [2.45, 2.75) is 6.92 Å². The van der Waals surface area contributed by atoms with E-state index >= 15 is 0 Å². The fourth-order valence-corrected chi connectivity index (χ4v) is 2.37. The van der Waals surface area contributed by atoms with Gasteiger partial charge in [0.05, 0.1) is 18.0 Å². The fraction of sp³-hybridized carbons (Fsp3) is 0.222. The molecule has 7 heteroatoms. The van der Waals surface area contributed by atoms with Crippen LogP contribution in [-0.4, -0.2) is 32.1 Å². The molecular formula is C18H20ClN3O3. The third kappa shape index (κ3) is 5.77. The molecule has 0 unspecified atom stereocenters. The Bertz CT molecular complexity index is 765. The lowest BCUT2D eigenvalue weighted by molar-refractivity contribution is -0.114. The first-order chi connectivity index (χ1) is 12.0. The highest BCUT2D eigenvalue weighted by molar-refractivity contribution is 6.30. The van der Waals surface area contributed by atoms with Crippen molar-refractivity contribution < 1.29 is 14.3 Å². The third-order valence-corrected chi connectivity index (χ3v) is 3.52. The van der Waals surface area contributed by atoms with Crippen molar-refractivity contribution in [3.63, 3.8) is 0 Å².